The Labute approximate surface area is 85.1 Å². The smallest absolute Gasteiger partial charge is 0.326 e. The van der Waals surface area contributed by atoms with Crippen LogP contribution in [0.1, 0.15) is 31.0 Å². The molecule has 0 aromatic carbocycles. The predicted octanol–water partition coefficient (Wildman–Crippen LogP) is 2.74. The average molecular weight is 219 g/mol. The van der Waals surface area contributed by atoms with Gasteiger partial charge in [-0.3, -0.25) is 4.79 Å². The van der Waals surface area contributed by atoms with Gasteiger partial charge >= 0.3 is 6.18 Å². The summed E-state index contributed by atoms with van der Waals surface area (Å²) in [5.74, 6) is 0. The molecule has 0 bridgehead atoms. The van der Waals surface area contributed by atoms with E-state index in [9.17, 15) is 18.0 Å². The van der Waals surface area contributed by atoms with E-state index in [4.69, 9.17) is 0 Å². The van der Waals surface area contributed by atoms with Gasteiger partial charge in [0.15, 0.2) is 0 Å². The first kappa shape index (κ1) is 11.8. The maximum Gasteiger partial charge on any atom is 0.416 e. The van der Waals surface area contributed by atoms with Crippen LogP contribution in [0, 0.1) is 0 Å². The Balaban J connectivity index is 3.01. The number of aromatic nitrogens is 1. The number of H-pyrrole nitrogens is 1. The minimum absolute atomic E-state index is 0.344. The Kier molecular flexibility index (Phi) is 3.55. The van der Waals surface area contributed by atoms with Gasteiger partial charge in [-0.05, 0) is 18.9 Å². The lowest BCUT2D eigenvalue weighted by molar-refractivity contribution is -0.137. The number of pyridine rings is 1. The third-order valence-corrected chi connectivity index (χ3v) is 2.03. The van der Waals surface area contributed by atoms with Gasteiger partial charge in [-0.25, -0.2) is 0 Å². The number of unbranched alkanes of at least 4 members (excludes halogenated alkanes) is 1. The molecule has 1 aromatic rings. The summed E-state index contributed by atoms with van der Waals surface area (Å²) in [5, 5.41) is 0. The second-order valence-electron chi connectivity index (χ2n) is 3.36. The Morgan fingerprint density at radius 1 is 1.33 bits per heavy atom. The SMILES string of the molecule is CCCCc1cc(C(F)(F)F)cc(=O)[nH]1. The van der Waals surface area contributed by atoms with Crippen molar-refractivity contribution in [3.63, 3.8) is 0 Å². The largest absolute Gasteiger partial charge is 0.416 e. The summed E-state index contributed by atoms with van der Waals surface area (Å²) >= 11 is 0. The number of hydrogen-bond acceptors (Lipinski definition) is 1. The molecule has 1 rings (SSSR count). The number of hydrogen-bond donors (Lipinski definition) is 1. The van der Waals surface area contributed by atoms with E-state index in [1.54, 1.807) is 0 Å². The molecule has 0 aliphatic heterocycles. The molecular weight excluding hydrogens is 207 g/mol. The van der Waals surface area contributed by atoms with Crippen molar-refractivity contribution in [2.45, 2.75) is 32.4 Å². The zero-order valence-electron chi connectivity index (χ0n) is 8.32. The first-order valence-corrected chi connectivity index (χ1v) is 4.74. The standard InChI is InChI=1S/C10H12F3NO/c1-2-3-4-8-5-7(10(11,12)13)6-9(15)14-8/h5-6H,2-4H2,1H3,(H,14,15). The summed E-state index contributed by atoms with van der Waals surface area (Å²) in [5.41, 5.74) is -1.23. The van der Waals surface area contributed by atoms with Crippen LogP contribution in [-0.2, 0) is 12.6 Å². The molecule has 5 heteroatoms. The van der Waals surface area contributed by atoms with Gasteiger partial charge in [-0.2, -0.15) is 13.2 Å². The van der Waals surface area contributed by atoms with E-state index in [2.05, 4.69) is 4.98 Å². The van der Waals surface area contributed by atoms with E-state index in [0.717, 1.165) is 18.9 Å². The summed E-state index contributed by atoms with van der Waals surface area (Å²) in [4.78, 5) is 13.4. The molecule has 0 fully saturated rings. The minimum atomic E-state index is -4.45. The number of aromatic amines is 1. The number of halogens is 3. The van der Waals surface area contributed by atoms with Crippen LogP contribution in [0.4, 0.5) is 13.2 Å². The Morgan fingerprint density at radius 2 is 2.00 bits per heavy atom. The molecule has 0 saturated carbocycles. The molecule has 1 aromatic heterocycles. The second-order valence-corrected chi connectivity index (χ2v) is 3.36. The molecule has 0 aliphatic carbocycles. The third-order valence-electron chi connectivity index (χ3n) is 2.03. The highest BCUT2D eigenvalue weighted by Crippen LogP contribution is 2.28. The molecule has 0 saturated heterocycles. The molecule has 1 heterocycles. The van der Waals surface area contributed by atoms with Crippen LogP contribution in [-0.4, -0.2) is 4.98 Å². The highest BCUT2D eigenvalue weighted by atomic mass is 19.4. The van der Waals surface area contributed by atoms with Crippen molar-refractivity contribution in [1.29, 1.82) is 0 Å². The maximum atomic E-state index is 12.3. The van der Waals surface area contributed by atoms with Crippen LogP contribution in [0.2, 0.25) is 0 Å². The normalized spacial score (nSPS) is 11.7. The van der Waals surface area contributed by atoms with Crippen molar-refractivity contribution in [3.8, 4) is 0 Å². The lowest BCUT2D eigenvalue weighted by Crippen LogP contribution is -2.15. The number of alkyl halides is 3. The van der Waals surface area contributed by atoms with E-state index in [0.29, 0.717) is 18.2 Å². The van der Waals surface area contributed by atoms with E-state index < -0.39 is 17.3 Å². The van der Waals surface area contributed by atoms with Crippen molar-refractivity contribution in [3.05, 3.63) is 33.7 Å². The Hall–Kier alpha value is -1.26. The lowest BCUT2D eigenvalue weighted by atomic mass is 10.1. The van der Waals surface area contributed by atoms with E-state index >= 15 is 0 Å². The molecule has 0 unspecified atom stereocenters. The monoisotopic (exact) mass is 219 g/mol. The molecule has 0 aliphatic rings. The van der Waals surface area contributed by atoms with E-state index in [-0.39, 0.29) is 0 Å². The quantitative estimate of drug-likeness (QED) is 0.833. The fourth-order valence-electron chi connectivity index (χ4n) is 1.27. The van der Waals surface area contributed by atoms with Crippen LogP contribution in [0.3, 0.4) is 0 Å². The molecule has 0 atom stereocenters. The molecule has 0 radical (unpaired) electrons. The summed E-state index contributed by atoms with van der Waals surface area (Å²) < 4.78 is 37.0. The number of aryl methyl sites for hydroxylation is 1. The van der Waals surface area contributed by atoms with Crippen LogP contribution in [0.15, 0.2) is 16.9 Å². The highest BCUT2D eigenvalue weighted by molar-refractivity contribution is 5.19. The average Bonchev–Trinajstić information content (AvgIpc) is 2.12. The molecule has 84 valence electrons. The zero-order valence-corrected chi connectivity index (χ0v) is 8.32. The van der Waals surface area contributed by atoms with Crippen molar-refractivity contribution in [2.75, 3.05) is 0 Å². The molecule has 15 heavy (non-hydrogen) atoms. The second kappa shape index (κ2) is 4.51. The summed E-state index contributed by atoms with van der Waals surface area (Å²) in [7, 11) is 0. The van der Waals surface area contributed by atoms with Gasteiger partial charge in [-0.1, -0.05) is 13.3 Å². The maximum absolute atomic E-state index is 12.3. The van der Waals surface area contributed by atoms with Crippen LogP contribution in [0.5, 0.6) is 0 Å². The summed E-state index contributed by atoms with van der Waals surface area (Å²) in [6, 6.07) is 1.58. The van der Waals surface area contributed by atoms with Gasteiger partial charge < -0.3 is 4.98 Å². The van der Waals surface area contributed by atoms with Crippen LogP contribution >= 0.6 is 0 Å². The zero-order chi connectivity index (χ0) is 11.5. The fourth-order valence-corrected chi connectivity index (χ4v) is 1.27. The van der Waals surface area contributed by atoms with Gasteiger partial charge in [0.05, 0.1) is 5.56 Å². The van der Waals surface area contributed by atoms with E-state index in [1.807, 2.05) is 6.92 Å². The topological polar surface area (TPSA) is 32.9 Å². The first-order valence-electron chi connectivity index (χ1n) is 4.74. The van der Waals surface area contributed by atoms with Gasteiger partial charge in [0.1, 0.15) is 0 Å². The van der Waals surface area contributed by atoms with Crippen LogP contribution in [0.25, 0.3) is 0 Å². The first-order chi connectivity index (χ1) is 6.93. The Morgan fingerprint density at radius 3 is 2.53 bits per heavy atom. The fraction of sp³-hybridized carbons (Fsp3) is 0.500. The molecular formula is C10H12F3NO. The number of rotatable bonds is 3. The third kappa shape index (κ3) is 3.42. The number of nitrogens with one attached hydrogen (secondary N) is 1. The molecule has 2 nitrogen and oxygen atoms in total. The van der Waals surface area contributed by atoms with E-state index in [1.165, 1.54) is 0 Å². The lowest BCUT2D eigenvalue weighted by Gasteiger charge is -2.07. The van der Waals surface area contributed by atoms with Crippen molar-refractivity contribution >= 4 is 0 Å². The summed E-state index contributed by atoms with van der Waals surface area (Å²) in [6.07, 6.45) is -2.35. The molecule has 1 N–H and O–H groups in total. The minimum Gasteiger partial charge on any atom is -0.326 e. The van der Waals surface area contributed by atoms with Gasteiger partial charge in [0.2, 0.25) is 5.56 Å². The van der Waals surface area contributed by atoms with Crippen molar-refractivity contribution < 1.29 is 13.2 Å². The predicted molar refractivity (Wildman–Crippen MR) is 50.7 cm³/mol. The van der Waals surface area contributed by atoms with Crippen molar-refractivity contribution in [2.24, 2.45) is 0 Å². The van der Waals surface area contributed by atoms with Crippen LogP contribution < -0.4 is 5.56 Å². The Bertz CT molecular complexity index is 381. The van der Waals surface area contributed by atoms with Gasteiger partial charge in [-0.15, -0.1) is 0 Å². The van der Waals surface area contributed by atoms with Gasteiger partial charge in [0.25, 0.3) is 0 Å². The summed E-state index contributed by atoms with van der Waals surface area (Å²) in [6.45, 7) is 1.94. The molecule has 0 amide bonds. The highest BCUT2D eigenvalue weighted by Gasteiger charge is 2.31. The van der Waals surface area contributed by atoms with Crippen molar-refractivity contribution in [1.82, 2.24) is 4.98 Å². The molecule has 0 spiro atoms. The van der Waals surface area contributed by atoms with Gasteiger partial charge in [0, 0.05) is 11.8 Å².